The lowest BCUT2D eigenvalue weighted by atomic mass is 9.71. The van der Waals surface area contributed by atoms with Gasteiger partial charge in [0.25, 0.3) is 5.69 Å². The molecule has 0 aliphatic heterocycles. The number of hydrogen-bond acceptors (Lipinski definition) is 5. The molecular weight excluding hydrogens is 884 g/mol. The lowest BCUT2D eigenvalue weighted by Crippen LogP contribution is -2.25. The number of fused-ring (bicyclic) bond motifs is 3. The summed E-state index contributed by atoms with van der Waals surface area (Å²) in [4.78, 5) is 15.4. The number of aromatic amines is 1. The van der Waals surface area contributed by atoms with Gasteiger partial charge in [0, 0.05) is 27.9 Å². The third kappa shape index (κ3) is 18.5. The average Bonchev–Trinajstić information content (AvgIpc) is 3.55. The SMILES string of the molecule is CC(C)(C)CC(C)(C)c1ccc(-c2ccc(C(C)(C)CC(C)(C)C)cc2[N+](=O)[O-])cc1.CC(C)(C)CC(C)(C)c1ccc2c(c1)[nH]c1cc(C(C)(C)CC(C)(C)C)ccc12.CCOP(OCC)OCC. The minimum absolute atomic E-state index is 0.0452. The van der Waals surface area contributed by atoms with Crippen molar-refractivity contribution >= 4 is 36.1 Å². The molecule has 7 nitrogen and oxygen atoms in total. The maximum Gasteiger partial charge on any atom is 0.332 e. The monoisotopic (exact) mass is 981 g/mol. The summed E-state index contributed by atoms with van der Waals surface area (Å²) in [5.74, 6) is 0. The van der Waals surface area contributed by atoms with Crippen LogP contribution in [0.4, 0.5) is 5.69 Å². The van der Waals surface area contributed by atoms with Crippen molar-refractivity contribution in [3.8, 4) is 11.1 Å². The van der Waals surface area contributed by atoms with Crippen LogP contribution in [-0.4, -0.2) is 29.7 Å². The highest BCUT2D eigenvalue weighted by Crippen LogP contribution is 2.44. The lowest BCUT2D eigenvalue weighted by Gasteiger charge is -2.33. The maximum absolute atomic E-state index is 11.9. The normalized spacial score (nSPS) is 13.3. The Morgan fingerprint density at radius 3 is 1.06 bits per heavy atom. The van der Waals surface area contributed by atoms with Gasteiger partial charge in [-0.2, -0.15) is 0 Å². The largest absolute Gasteiger partial charge is 0.354 e. The first kappa shape index (κ1) is 60.7. The number of nitro benzene ring substituents is 1. The van der Waals surface area contributed by atoms with Crippen molar-refractivity contribution in [3.63, 3.8) is 0 Å². The minimum atomic E-state index is -1.06. The summed E-state index contributed by atoms with van der Waals surface area (Å²) in [6.45, 7) is 53.4. The molecule has 1 heterocycles. The molecular formula is C62H97N2O5P. The zero-order valence-corrected chi connectivity index (χ0v) is 49.3. The van der Waals surface area contributed by atoms with Gasteiger partial charge in [-0.1, -0.05) is 193 Å². The smallest absolute Gasteiger partial charge is 0.332 e. The van der Waals surface area contributed by atoms with Crippen molar-refractivity contribution in [3.05, 3.63) is 111 Å². The Morgan fingerprint density at radius 2 is 0.743 bits per heavy atom. The Balaban J connectivity index is 0.000000311. The molecule has 0 atom stereocenters. The molecule has 0 spiro atoms. The Bertz CT molecular complexity index is 2350. The molecule has 8 heteroatoms. The molecule has 1 aromatic heterocycles. The van der Waals surface area contributed by atoms with Gasteiger partial charge in [0.1, 0.15) is 0 Å². The first-order valence-electron chi connectivity index (χ1n) is 26.0. The van der Waals surface area contributed by atoms with Crippen molar-refractivity contribution in [2.24, 2.45) is 21.7 Å². The number of nitro groups is 1. The van der Waals surface area contributed by atoms with E-state index in [0.29, 0.717) is 36.2 Å². The number of nitrogens with zero attached hydrogens (tertiary/aromatic N) is 1. The molecule has 0 aliphatic rings. The van der Waals surface area contributed by atoms with E-state index in [0.717, 1.165) is 36.8 Å². The summed E-state index contributed by atoms with van der Waals surface area (Å²) in [5.41, 5.74) is 10.6. The first-order chi connectivity index (χ1) is 31.8. The van der Waals surface area contributed by atoms with E-state index in [2.05, 4.69) is 198 Å². The van der Waals surface area contributed by atoms with Crippen molar-refractivity contribution in [1.29, 1.82) is 0 Å². The highest BCUT2D eigenvalue weighted by Gasteiger charge is 2.32. The lowest BCUT2D eigenvalue weighted by molar-refractivity contribution is -0.384. The number of benzene rings is 4. The third-order valence-corrected chi connectivity index (χ3v) is 14.1. The molecule has 70 heavy (non-hydrogen) atoms. The van der Waals surface area contributed by atoms with E-state index in [1.807, 2.05) is 39.0 Å². The topological polar surface area (TPSA) is 86.6 Å². The van der Waals surface area contributed by atoms with Crippen molar-refractivity contribution in [1.82, 2.24) is 4.98 Å². The van der Waals surface area contributed by atoms with E-state index in [1.165, 1.54) is 38.5 Å². The van der Waals surface area contributed by atoms with Crippen LogP contribution in [-0.2, 0) is 35.2 Å². The van der Waals surface area contributed by atoms with Gasteiger partial charge >= 0.3 is 8.60 Å². The molecule has 5 aromatic rings. The molecule has 0 saturated heterocycles. The van der Waals surface area contributed by atoms with Gasteiger partial charge in [0.15, 0.2) is 0 Å². The molecule has 0 bridgehead atoms. The van der Waals surface area contributed by atoms with Crippen LogP contribution in [0, 0.1) is 31.8 Å². The fourth-order valence-electron chi connectivity index (χ4n) is 11.3. The molecule has 0 radical (unpaired) electrons. The predicted molar refractivity (Wildman–Crippen MR) is 305 cm³/mol. The van der Waals surface area contributed by atoms with E-state index in [4.69, 9.17) is 13.6 Å². The minimum Gasteiger partial charge on any atom is -0.354 e. The van der Waals surface area contributed by atoms with Gasteiger partial charge in [-0.25, -0.2) is 0 Å². The van der Waals surface area contributed by atoms with Crippen LogP contribution in [0.3, 0.4) is 0 Å². The zero-order valence-electron chi connectivity index (χ0n) is 48.4. The van der Waals surface area contributed by atoms with E-state index < -0.39 is 8.60 Å². The zero-order chi connectivity index (χ0) is 53.5. The summed E-state index contributed by atoms with van der Waals surface area (Å²) >= 11 is 0. The second-order valence-electron chi connectivity index (χ2n) is 27.2. The molecule has 0 saturated carbocycles. The van der Waals surface area contributed by atoms with Crippen molar-refractivity contribution < 1.29 is 18.5 Å². The van der Waals surface area contributed by atoms with Gasteiger partial charge in [0.2, 0.25) is 0 Å². The van der Waals surface area contributed by atoms with Crippen LogP contribution in [0.15, 0.2) is 78.9 Å². The highest BCUT2D eigenvalue weighted by atomic mass is 31.2. The molecule has 0 aliphatic carbocycles. The van der Waals surface area contributed by atoms with Crippen LogP contribution >= 0.6 is 8.60 Å². The van der Waals surface area contributed by atoms with Gasteiger partial charge in [-0.05, 0) is 136 Å². The molecule has 1 N–H and O–H groups in total. The van der Waals surface area contributed by atoms with Gasteiger partial charge in [0.05, 0.1) is 30.3 Å². The quantitative estimate of drug-likeness (QED) is 0.0605. The van der Waals surface area contributed by atoms with Gasteiger partial charge in [-0.3, -0.25) is 10.1 Å². The average molecular weight is 981 g/mol. The summed E-state index contributed by atoms with van der Waals surface area (Å²) < 4.78 is 15.4. The number of H-pyrrole nitrogens is 1. The van der Waals surface area contributed by atoms with E-state index in [1.54, 1.807) is 6.07 Å². The fraction of sp³-hybridized carbons (Fsp3) is 0.613. The molecule has 0 amide bonds. The van der Waals surface area contributed by atoms with Crippen LogP contribution in [0.2, 0.25) is 0 Å². The van der Waals surface area contributed by atoms with Gasteiger partial charge in [-0.15, -0.1) is 0 Å². The molecule has 4 aromatic carbocycles. The second kappa shape index (κ2) is 23.5. The summed E-state index contributed by atoms with van der Waals surface area (Å²) in [7, 11) is -1.06. The van der Waals surface area contributed by atoms with Crippen LogP contribution < -0.4 is 0 Å². The number of aromatic nitrogens is 1. The Morgan fingerprint density at radius 1 is 0.443 bits per heavy atom. The predicted octanol–water partition coefficient (Wildman–Crippen LogP) is 19.8. The van der Waals surface area contributed by atoms with Crippen molar-refractivity contribution in [2.45, 2.75) is 207 Å². The number of nitrogens with one attached hydrogen (secondary N) is 1. The van der Waals surface area contributed by atoms with E-state index in [-0.39, 0.29) is 43.1 Å². The van der Waals surface area contributed by atoms with E-state index in [9.17, 15) is 10.1 Å². The molecule has 0 unspecified atom stereocenters. The molecule has 0 fully saturated rings. The van der Waals surface area contributed by atoms with Crippen LogP contribution in [0.1, 0.15) is 207 Å². The first-order valence-corrected chi connectivity index (χ1v) is 27.1. The molecule has 5 rings (SSSR count). The Labute approximate surface area is 428 Å². The van der Waals surface area contributed by atoms with Crippen molar-refractivity contribution in [2.75, 3.05) is 19.8 Å². The Hall–Kier alpha value is -3.61. The van der Waals surface area contributed by atoms with Gasteiger partial charge < -0.3 is 18.6 Å². The standard InChI is InChI=1S/C28H41NO2.C28H41N.C6H15O3P/c1-25(2,3)18-27(7,8)21-13-11-20(12-14-21)23-16-15-22(17-24(23)29(30)31)28(9,10)19-26(4,5)6;1-25(2,3)17-27(7,8)19-11-13-21-22-14-12-20(16-24(22)29-23(21)15-19)28(9,10)18-26(4,5)6;1-4-7-10(8-5-2)9-6-3/h11-17H,18-19H2,1-10H3;11-16,29H,17-18H2,1-10H3;4-6H2,1-3H3. The number of hydrogen-bond donors (Lipinski definition) is 1. The van der Waals surface area contributed by atoms with Crippen LogP contribution in [0.25, 0.3) is 32.9 Å². The van der Waals surface area contributed by atoms with Crippen LogP contribution in [0.5, 0.6) is 0 Å². The summed E-state index contributed by atoms with van der Waals surface area (Å²) in [6, 6.07) is 28.1. The summed E-state index contributed by atoms with van der Waals surface area (Å²) in [5, 5.41) is 14.6. The third-order valence-electron chi connectivity index (χ3n) is 12.7. The number of rotatable bonds is 16. The second-order valence-corrected chi connectivity index (χ2v) is 28.4. The fourth-order valence-corrected chi connectivity index (χ4v) is 12.2. The maximum atomic E-state index is 11.9. The molecule has 390 valence electrons. The van der Waals surface area contributed by atoms with E-state index >= 15 is 0 Å². The Kier molecular flexibility index (Phi) is 20.4. The highest BCUT2D eigenvalue weighted by molar-refractivity contribution is 7.41. The summed E-state index contributed by atoms with van der Waals surface area (Å²) in [6.07, 6.45) is 4.35.